The molecule has 0 unspecified atom stereocenters. The molecule has 5 nitrogen and oxygen atoms in total. The van der Waals surface area contributed by atoms with Crippen molar-refractivity contribution in [3.63, 3.8) is 0 Å². The fraction of sp³-hybridized carbons (Fsp3) is 0.875. The molecular weight excluding hydrogens is 185 g/mol. The van der Waals surface area contributed by atoms with E-state index in [-0.39, 0.29) is 12.2 Å². The molecule has 0 fully saturated rings. The average Bonchev–Trinajstić information content (AvgIpc) is 1.94. The Kier molecular flexibility index (Phi) is 5.11. The van der Waals surface area contributed by atoms with Crippen LogP contribution in [0.2, 0.25) is 6.82 Å². The lowest BCUT2D eigenvalue weighted by atomic mass is 9.87. The lowest BCUT2D eigenvalue weighted by Gasteiger charge is -2.23. The first-order valence-corrected chi connectivity index (χ1v) is 4.53. The van der Waals surface area contributed by atoms with Crippen LogP contribution in [0.4, 0.5) is 0 Å². The third-order valence-electron chi connectivity index (χ3n) is 1.42. The van der Waals surface area contributed by atoms with Gasteiger partial charge in [-0.15, -0.1) is 0 Å². The molecular formula is C8H18BNO4. The summed E-state index contributed by atoms with van der Waals surface area (Å²) in [6, 6.07) is -0.880. The number of carbonyl (C=O) groups is 1. The van der Waals surface area contributed by atoms with Crippen LogP contribution < -0.4 is 5.23 Å². The summed E-state index contributed by atoms with van der Waals surface area (Å²) < 4.78 is 5.30. The second-order valence-electron chi connectivity index (χ2n) is 4.16. The molecule has 0 heterocycles. The van der Waals surface area contributed by atoms with E-state index in [1.807, 2.05) is 20.8 Å². The average molecular weight is 203 g/mol. The molecule has 0 aliphatic rings. The molecule has 0 aromatic carbocycles. The van der Waals surface area contributed by atoms with Gasteiger partial charge in [0.15, 0.2) is 0 Å². The number of hydrogen-bond acceptors (Lipinski definition) is 4. The molecule has 0 aliphatic heterocycles. The molecule has 0 bridgehead atoms. The van der Waals surface area contributed by atoms with Gasteiger partial charge in [0, 0.05) is 0 Å². The lowest BCUT2D eigenvalue weighted by Crippen LogP contribution is -2.48. The third-order valence-corrected chi connectivity index (χ3v) is 1.42. The normalized spacial score (nSPS) is 13.8. The molecule has 82 valence electrons. The highest BCUT2D eigenvalue weighted by Gasteiger charge is 2.23. The van der Waals surface area contributed by atoms with Gasteiger partial charge in [-0.05, 0) is 27.6 Å². The Labute approximate surface area is 84.6 Å². The maximum atomic E-state index is 10.7. The first-order chi connectivity index (χ1) is 6.22. The number of hydrogen-bond donors (Lipinski definition) is 3. The van der Waals surface area contributed by atoms with Crippen LogP contribution in [0.15, 0.2) is 0 Å². The number of ether oxygens (including phenoxy) is 1. The van der Waals surface area contributed by atoms with Gasteiger partial charge >= 0.3 is 13.0 Å². The molecule has 0 saturated heterocycles. The Balaban J connectivity index is 4.05. The number of aliphatic carboxylic acids is 1. The van der Waals surface area contributed by atoms with E-state index in [9.17, 15) is 4.79 Å². The maximum Gasteiger partial charge on any atom is 0.374 e. The van der Waals surface area contributed by atoms with Gasteiger partial charge in [0.25, 0.3) is 0 Å². The summed E-state index contributed by atoms with van der Waals surface area (Å²) in [4.78, 5) is 10.7. The topological polar surface area (TPSA) is 78.8 Å². The highest BCUT2D eigenvalue weighted by atomic mass is 16.5. The predicted octanol–water partition coefficient (Wildman–Crippen LogP) is -0.0454. The number of rotatable bonds is 5. The molecule has 3 N–H and O–H groups in total. The Morgan fingerprint density at radius 2 is 2.07 bits per heavy atom. The summed E-state index contributed by atoms with van der Waals surface area (Å²) in [5.74, 6) is -1.03. The van der Waals surface area contributed by atoms with Crippen molar-refractivity contribution in [2.75, 3.05) is 6.61 Å². The minimum atomic E-state index is -1.03. The summed E-state index contributed by atoms with van der Waals surface area (Å²) in [7, 11) is -0.861. The van der Waals surface area contributed by atoms with E-state index < -0.39 is 19.1 Å². The van der Waals surface area contributed by atoms with Gasteiger partial charge in [0.05, 0.1) is 12.2 Å². The molecule has 0 rings (SSSR count). The van der Waals surface area contributed by atoms with Crippen molar-refractivity contribution in [3.05, 3.63) is 0 Å². The summed E-state index contributed by atoms with van der Waals surface area (Å²) in [6.07, 6.45) is 0. The maximum absolute atomic E-state index is 10.7. The minimum absolute atomic E-state index is 0.0315. The van der Waals surface area contributed by atoms with Crippen molar-refractivity contribution >= 4 is 13.0 Å². The quantitative estimate of drug-likeness (QED) is 0.546. The molecule has 0 aromatic heterocycles. The lowest BCUT2D eigenvalue weighted by molar-refractivity contribution is -0.142. The Hall–Kier alpha value is -0.585. The first kappa shape index (κ1) is 13.4. The summed E-state index contributed by atoms with van der Waals surface area (Å²) in [5, 5.41) is 20.2. The van der Waals surface area contributed by atoms with Gasteiger partial charge < -0.3 is 20.1 Å². The monoisotopic (exact) mass is 203 g/mol. The Morgan fingerprint density at radius 3 is 2.36 bits per heavy atom. The second-order valence-corrected chi connectivity index (χ2v) is 4.16. The molecule has 14 heavy (non-hydrogen) atoms. The van der Waals surface area contributed by atoms with Gasteiger partial charge in [-0.2, -0.15) is 0 Å². The van der Waals surface area contributed by atoms with E-state index in [0.29, 0.717) is 0 Å². The van der Waals surface area contributed by atoms with Crippen LogP contribution in [0, 0.1) is 0 Å². The molecule has 1 atom stereocenters. The van der Waals surface area contributed by atoms with Crippen molar-refractivity contribution in [1.29, 1.82) is 0 Å². The Bertz CT molecular complexity index is 190. The zero-order chi connectivity index (χ0) is 11.4. The fourth-order valence-electron chi connectivity index (χ4n) is 0.815. The SMILES string of the molecule is CB(O)N[C@@H](COC(C)(C)C)C(=O)O. The number of carboxylic acids is 1. The van der Waals surface area contributed by atoms with E-state index >= 15 is 0 Å². The Morgan fingerprint density at radius 1 is 1.57 bits per heavy atom. The van der Waals surface area contributed by atoms with Crippen molar-refractivity contribution in [2.45, 2.75) is 39.2 Å². The molecule has 0 aromatic rings. The van der Waals surface area contributed by atoms with Crippen LogP contribution in [0.25, 0.3) is 0 Å². The first-order valence-electron chi connectivity index (χ1n) is 4.53. The van der Waals surface area contributed by atoms with Gasteiger partial charge in [-0.3, -0.25) is 4.79 Å². The minimum Gasteiger partial charge on any atom is -0.480 e. The summed E-state index contributed by atoms with van der Waals surface area (Å²) >= 11 is 0. The fourth-order valence-corrected chi connectivity index (χ4v) is 0.815. The van der Waals surface area contributed by atoms with Crippen LogP contribution in [0.1, 0.15) is 20.8 Å². The van der Waals surface area contributed by atoms with Gasteiger partial charge in [-0.1, -0.05) is 0 Å². The molecule has 0 saturated carbocycles. The van der Waals surface area contributed by atoms with E-state index in [1.165, 1.54) is 6.82 Å². The van der Waals surface area contributed by atoms with Crippen LogP contribution in [0.3, 0.4) is 0 Å². The zero-order valence-corrected chi connectivity index (χ0v) is 9.07. The number of nitrogens with one attached hydrogen (secondary N) is 1. The zero-order valence-electron chi connectivity index (χ0n) is 9.07. The standard InChI is InChI=1S/C8H18BNO4/c1-8(2,3)14-5-6(7(11)12)10-9(4)13/h6,10,13H,5H2,1-4H3,(H,11,12)/t6-/m0/s1. The molecule has 0 aliphatic carbocycles. The van der Waals surface area contributed by atoms with E-state index in [4.69, 9.17) is 14.9 Å². The van der Waals surface area contributed by atoms with Crippen molar-refractivity contribution in [3.8, 4) is 0 Å². The molecule has 6 heteroatoms. The molecule has 0 spiro atoms. The van der Waals surface area contributed by atoms with Crippen LogP contribution in [-0.2, 0) is 9.53 Å². The van der Waals surface area contributed by atoms with Gasteiger partial charge in [0.1, 0.15) is 6.04 Å². The van der Waals surface area contributed by atoms with E-state index in [2.05, 4.69) is 5.23 Å². The third kappa shape index (κ3) is 6.88. The second kappa shape index (κ2) is 5.33. The molecule has 0 radical (unpaired) electrons. The van der Waals surface area contributed by atoms with Crippen molar-refractivity contribution in [1.82, 2.24) is 5.23 Å². The van der Waals surface area contributed by atoms with Crippen LogP contribution in [0.5, 0.6) is 0 Å². The van der Waals surface area contributed by atoms with Crippen molar-refractivity contribution < 1.29 is 19.7 Å². The predicted molar refractivity (Wildman–Crippen MR) is 54.1 cm³/mol. The smallest absolute Gasteiger partial charge is 0.374 e. The summed E-state index contributed by atoms with van der Waals surface area (Å²) in [5.41, 5.74) is -0.381. The van der Waals surface area contributed by atoms with E-state index in [1.54, 1.807) is 0 Å². The summed E-state index contributed by atoms with van der Waals surface area (Å²) in [6.45, 7) is 7.02. The van der Waals surface area contributed by atoms with E-state index in [0.717, 1.165) is 0 Å². The molecule has 0 amide bonds. The highest BCUT2D eigenvalue weighted by Crippen LogP contribution is 2.07. The van der Waals surface area contributed by atoms with Crippen LogP contribution >= 0.6 is 0 Å². The largest absolute Gasteiger partial charge is 0.480 e. The van der Waals surface area contributed by atoms with Crippen molar-refractivity contribution in [2.24, 2.45) is 0 Å². The number of carboxylic acid groups (broad SMARTS) is 1. The van der Waals surface area contributed by atoms with Crippen LogP contribution in [-0.4, -0.2) is 41.4 Å². The highest BCUT2D eigenvalue weighted by molar-refractivity contribution is 6.46. The van der Waals surface area contributed by atoms with Gasteiger partial charge in [-0.25, -0.2) is 0 Å². The van der Waals surface area contributed by atoms with Gasteiger partial charge in [0.2, 0.25) is 0 Å².